The Morgan fingerprint density at radius 1 is 1.35 bits per heavy atom. The van der Waals surface area contributed by atoms with Gasteiger partial charge in [-0.25, -0.2) is 4.39 Å². The van der Waals surface area contributed by atoms with Gasteiger partial charge in [0.1, 0.15) is 11.6 Å². The first-order chi connectivity index (χ1) is 8.08. The number of carbonyl (C=O) groups is 1. The molecule has 2 rings (SSSR count). The number of hydrogen-bond donors (Lipinski definition) is 0. The normalized spacial score (nSPS) is 10.5. The van der Waals surface area contributed by atoms with Crippen molar-refractivity contribution in [2.45, 2.75) is 20.3 Å². The number of halogens is 1. The molecule has 0 atom stereocenters. The zero-order valence-corrected chi connectivity index (χ0v) is 9.66. The van der Waals surface area contributed by atoms with Gasteiger partial charge in [-0.05, 0) is 24.6 Å². The van der Waals surface area contributed by atoms with Gasteiger partial charge in [0.15, 0.2) is 11.5 Å². The van der Waals surface area contributed by atoms with Crippen molar-refractivity contribution >= 4 is 5.78 Å². The number of aryl methyl sites for hydroxylation is 1. The standard InChI is InChI=1S/C13H12FNO2/c1-8(16)13-12(9(2)17-15-13)7-10-3-5-11(14)6-4-10/h3-6H,7H2,1-2H3. The van der Waals surface area contributed by atoms with E-state index in [0.29, 0.717) is 17.9 Å². The number of ketones is 1. The Hall–Kier alpha value is -1.97. The molecule has 0 bridgehead atoms. The van der Waals surface area contributed by atoms with Gasteiger partial charge in [-0.3, -0.25) is 4.79 Å². The lowest BCUT2D eigenvalue weighted by atomic mass is 10.0. The molecule has 0 N–H and O–H groups in total. The second-order valence-electron chi connectivity index (χ2n) is 3.93. The highest BCUT2D eigenvalue weighted by Crippen LogP contribution is 2.18. The van der Waals surface area contributed by atoms with Crippen LogP contribution in [0, 0.1) is 12.7 Å². The first-order valence-corrected chi connectivity index (χ1v) is 5.28. The summed E-state index contributed by atoms with van der Waals surface area (Å²) in [5.41, 5.74) is 2.04. The van der Waals surface area contributed by atoms with E-state index >= 15 is 0 Å². The largest absolute Gasteiger partial charge is 0.361 e. The molecule has 2 aromatic rings. The fourth-order valence-electron chi connectivity index (χ4n) is 1.68. The molecular weight excluding hydrogens is 221 g/mol. The molecule has 0 fully saturated rings. The maximum atomic E-state index is 12.8. The lowest BCUT2D eigenvalue weighted by molar-refractivity contribution is 0.100. The van der Waals surface area contributed by atoms with Crippen molar-refractivity contribution in [2.24, 2.45) is 0 Å². The van der Waals surface area contributed by atoms with Crippen LogP contribution in [0.15, 0.2) is 28.8 Å². The van der Waals surface area contributed by atoms with Crippen molar-refractivity contribution in [2.75, 3.05) is 0 Å². The highest BCUT2D eigenvalue weighted by atomic mass is 19.1. The van der Waals surface area contributed by atoms with Crippen LogP contribution in [0.4, 0.5) is 4.39 Å². The van der Waals surface area contributed by atoms with Gasteiger partial charge in [-0.2, -0.15) is 0 Å². The second-order valence-corrected chi connectivity index (χ2v) is 3.93. The Bertz CT molecular complexity index is 543. The quantitative estimate of drug-likeness (QED) is 0.765. The predicted octanol–water partition coefficient (Wildman–Crippen LogP) is 2.92. The van der Waals surface area contributed by atoms with Crippen molar-refractivity contribution in [3.8, 4) is 0 Å². The van der Waals surface area contributed by atoms with Gasteiger partial charge in [0, 0.05) is 18.9 Å². The Morgan fingerprint density at radius 3 is 2.59 bits per heavy atom. The lowest BCUT2D eigenvalue weighted by Crippen LogP contribution is -2.00. The molecule has 3 nitrogen and oxygen atoms in total. The third-order valence-corrected chi connectivity index (χ3v) is 2.61. The lowest BCUT2D eigenvalue weighted by Gasteiger charge is -2.01. The summed E-state index contributed by atoms with van der Waals surface area (Å²) in [6.45, 7) is 3.21. The molecule has 0 saturated heterocycles. The molecule has 1 aromatic heterocycles. The highest BCUT2D eigenvalue weighted by molar-refractivity contribution is 5.93. The summed E-state index contributed by atoms with van der Waals surface area (Å²) in [5.74, 6) is 0.223. The average Bonchev–Trinajstić information content (AvgIpc) is 2.64. The molecule has 0 aliphatic rings. The first kappa shape index (κ1) is 11.5. The smallest absolute Gasteiger partial charge is 0.181 e. The number of hydrogen-bond acceptors (Lipinski definition) is 3. The van der Waals surface area contributed by atoms with Gasteiger partial charge in [-0.15, -0.1) is 0 Å². The maximum absolute atomic E-state index is 12.8. The molecule has 0 unspecified atom stereocenters. The van der Waals surface area contributed by atoms with E-state index in [2.05, 4.69) is 5.16 Å². The van der Waals surface area contributed by atoms with Crippen LogP contribution in [0.5, 0.6) is 0 Å². The summed E-state index contributed by atoms with van der Waals surface area (Å²) in [6.07, 6.45) is 0.518. The van der Waals surface area contributed by atoms with Crippen LogP contribution in [-0.4, -0.2) is 10.9 Å². The van der Waals surface area contributed by atoms with Gasteiger partial charge < -0.3 is 4.52 Å². The summed E-state index contributed by atoms with van der Waals surface area (Å²) >= 11 is 0. The van der Waals surface area contributed by atoms with Gasteiger partial charge in [0.2, 0.25) is 0 Å². The molecule has 0 radical (unpaired) electrons. The number of Topliss-reactive ketones (excluding diaryl/α,β-unsaturated/α-hetero) is 1. The Labute approximate surface area is 98.2 Å². The molecule has 0 aliphatic heterocycles. The van der Waals surface area contributed by atoms with Crippen molar-refractivity contribution in [1.29, 1.82) is 0 Å². The zero-order valence-electron chi connectivity index (χ0n) is 9.66. The molecule has 1 aromatic carbocycles. The van der Waals surface area contributed by atoms with Crippen molar-refractivity contribution in [3.05, 3.63) is 52.7 Å². The minimum absolute atomic E-state index is 0.126. The molecular formula is C13H12FNO2. The second kappa shape index (κ2) is 4.49. The Kier molecular flexibility index (Phi) is 3.04. The monoisotopic (exact) mass is 233 g/mol. The summed E-state index contributed by atoms with van der Waals surface area (Å²) in [6, 6.07) is 6.16. The molecule has 0 saturated carbocycles. The van der Waals surface area contributed by atoms with E-state index in [1.807, 2.05) is 0 Å². The van der Waals surface area contributed by atoms with E-state index in [9.17, 15) is 9.18 Å². The maximum Gasteiger partial charge on any atom is 0.181 e. The van der Waals surface area contributed by atoms with Crippen LogP contribution in [0.2, 0.25) is 0 Å². The Balaban J connectivity index is 2.32. The molecule has 1 heterocycles. The minimum atomic E-state index is -0.275. The third-order valence-electron chi connectivity index (χ3n) is 2.61. The number of nitrogens with zero attached hydrogens (tertiary/aromatic N) is 1. The highest BCUT2D eigenvalue weighted by Gasteiger charge is 2.16. The average molecular weight is 233 g/mol. The SMILES string of the molecule is CC(=O)c1noc(C)c1Cc1ccc(F)cc1. The summed E-state index contributed by atoms with van der Waals surface area (Å²) < 4.78 is 17.8. The van der Waals surface area contributed by atoms with E-state index in [-0.39, 0.29) is 11.6 Å². The molecule has 88 valence electrons. The van der Waals surface area contributed by atoms with E-state index in [1.54, 1.807) is 19.1 Å². The fraction of sp³-hybridized carbons (Fsp3) is 0.231. The van der Waals surface area contributed by atoms with Gasteiger partial charge in [-0.1, -0.05) is 17.3 Å². The van der Waals surface area contributed by atoms with Crippen LogP contribution < -0.4 is 0 Å². The predicted molar refractivity (Wildman–Crippen MR) is 60.5 cm³/mol. The number of carbonyl (C=O) groups excluding carboxylic acids is 1. The molecule has 0 amide bonds. The molecule has 0 spiro atoms. The molecule has 4 heteroatoms. The van der Waals surface area contributed by atoms with Crippen LogP contribution in [0.3, 0.4) is 0 Å². The summed E-state index contributed by atoms with van der Waals surface area (Å²) in [5, 5.41) is 3.73. The van der Waals surface area contributed by atoms with Crippen molar-refractivity contribution in [1.82, 2.24) is 5.16 Å². The van der Waals surface area contributed by atoms with E-state index in [0.717, 1.165) is 11.1 Å². The zero-order chi connectivity index (χ0) is 12.4. The van der Waals surface area contributed by atoms with E-state index < -0.39 is 0 Å². The summed E-state index contributed by atoms with van der Waals surface area (Å²) in [7, 11) is 0. The van der Waals surface area contributed by atoms with E-state index in [1.165, 1.54) is 19.1 Å². The molecule has 0 aliphatic carbocycles. The third kappa shape index (κ3) is 2.41. The number of benzene rings is 1. The van der Waals surface area contributed by atoms with Gasteiger partial charge in [0.05, 0.1) is 0 Å². The first-order valence-electron chi connectivity index (χ1n) is 5.28. The number of rotatable bonds is 3. The van der Waals surface area contributed by atoms with E-state index in [4.69, 9.17) is 4.52 Å². The topological polar surface area (TPSA) is 43.1 Å². The molecule has 17 heavy (non-hydrogen) atoms. The van der Waals surface area contributed by atoms with Gasteiger partial charge in [0.25, 0.3) is 0 Å². The fourth-order valence-corrected chi connectivity index (χ4v) is 1.68. The minimum Gasteiger partial charge on any atom is -0.361 e. The van der Waals surface area contributed by atoms with Crippen LogP contribution in [-0.2, 0) is 6.42 Å². The van der Waals surface area contributed by atoms with Crippen molar-refractivity contribution in [3.63, 3.8) is 0 Å². The van der Waals surface area contributed by atoms with Gasteiger partial charge >= 0.3 is 0 Å². The van der Waals surface area contributed by atoms with Crippen LogP contribution >= 0.6 is 0 Å². The van der Waals surface area contributed by atoms with Crippen molar-refractivity contribution < 1.29 is 13.7 Å². The number of aromatic nitrogens is 1. The van der Waals surface area contributed by atoms with Crippen LogP contribution in [0.1, 0.15) is 34.3 Å². The summed E-state index contributed by atoms with van der Waals surface area (Å²) in [4.78, 5) is 11.3. The Morgan fingerprint density at radius 2 is 2.00 bits per heavy atom. The van der Waals surface area contributed by atoms with Crippen LogP contribution in [0.25, 0.3) is 0 Å².